The Hall–Kier alpha value is -1.87. The van der Waals surface area contributed by atoms with Gasteiger partial charge >= 0.3 is 5.97 Å². The van der Waals surface area contributed by atoms with Gasteiger partial charge in [-0.3, -0.25) is 9.69 Å². The van der Waals surface area contributed by atoms with Gasteiger partial charge in [0, 0.05) is 19.1 Å². The van der Waals surface area contributed by atoms with Crippen molar-refractivity contribution >= 4 is 5.97 Å². The van der Waals surface area contributed by atoms with Gasteiger partial charge in [0.05, 0.1) is 6.42 Å². The van der Waals surface area contributed by atoms with E-state index in [2.05, 4.69) is 50.1 Å². The van der Waals surface area contributed by atoms with E-state index >= 15 is 0 Å². The molecule has 0 saturated heterocycles. The summed E-state index contributed by atoms with van der Waals surface area (Å²) in [5.74, 6) is -0.775. The minimum absolute atomic E-state index is 0.0565. The van der Waals surface area contributed by atoms with Crippen LogP contribution < -0.4 is 0 Å². The summed E-state index contributed by atoms with van der Waals surface area (Å²) in [4.78, 5) is 13.3. The standard InChI is InChI=1S/C18H25NO2/c1-5-9-19(10-6-2)17(13-18(20)21)12-16-11-14(3)7-8-15(16)4/h5-8,11,17H,1-2,9-10,12-13H2,3-4H3,(H,20,21). The van der Waals surface area contributed by atoms with Gasteiger partial charge in [0.15, 0.2) is 0 Å². The second-order valence-corrected chi connectivity index (χ2v) is 5.42. The predicted octanol–water partition coefficient (Wildman–Crippen LogP) is 3.36. The lowest BCUT2D eigenvalue weighted by molar-refractivity contribution is -0.138. The second-order valence-electron chi connectivity index (χ2n) is 5.42. The highest BCUT2D eigenvalue weighted by atomic mass is 16.4. The first-order chi connectivity index (χ1) is 9.97. The molecule has 0 bridgehead atoms. The maximum absolute atomic E-state index is 11.2. The summed E-state index contributed by atoms with van der Waals surface area (Å²) in [5.41, 5.74) is 3.61. The number of nitrogens with zero attached hydrogens (tertiary/aromatic N) is 1. The average molecular weight is 287 g/mol. The van der Waals surface area contributed by atoms with E-state index in [1.165, 1.54) is 16.7 Å². The zero-order valence-corrected chi connectivity index (χ0v) is 13.0. The second kappa shape index (κ2) is 8.42. The molecule has 1 rings (SSSR count). The van der Waals surface area contributed by atoms with Gasteiger partial charge in [0.1, 0.15) is 0 Å². The van der Waals surface area contributed by atoms with Gasteiger partial charge in [-0.2, -0.15) is 0 Å². The van der Waals surface area contributed by atoms with Crippen molar-refractivity contribution in [2.45, 2.75) is 32.7 Å². The third kappa shape index (κ3) is 5.56. The van der Waals surface area contributed by atoms with E-state index in [-0.39, 0.29) is 12.5 Å². The number of carboxylic acids is 1. The van der Waals surface area contributed by atoms with E-state index in [9.17, 15) is 9.90 Å². The Morgan fingerprint density at radius 3 is 2.43 bits per heavy atom. The molecule has 1 aromatic carbocycles. The van der Waals surface area contributed by atoms with Crippen LogP contribution in [0.4, 0.5) is 0 Å². The lowest BCUT2D eigenvalue weighted by Crippen LogP contribution is -2.39. The van der Waals surface area contributed by atoms with E-state index in [1.807, 2.05) is 0 Å². The van der Waals surface area contributed by atoms with Gasteiger partial charge in [0.2, 0.25) is 0 Å². The Morgan fingerprint density at radius 2 is 1.90 bits per heavy atom. The zero-order chi connectivity index (χ0) is 15.8. The molecule has 1 N–H and O–H groups in total. The molecule has 0 amide bonds. The predicted molar refractivity (Wildman–Crippen MR) is 87.6 cm³/mol. The highest BCUT2D eigenvalue weighted by Gasteiger charge is 2.21. The average Bonchev–Trinajstić information content (AvgIpc) is 2.41. The van der Waals surface area contributed by atoms with Crippen molar-refractivity contribution in [3.05, 3.63) is 60.2 Å². The van der Waals surface area contributed by atoms with Crippen molar-refractivity contribution in [1.29, 1.82) is 0 Å². The van der Waals surface area contributed by atoms with Crippen molar-refractivity contribution in [3.63, 3.8) is 0 Å². The maximum atomic E-state index is 11.2. The number of carbonyl (C=O) groups is 1. The van der Waals surface area contributed by atoms with Crippen LogP contribution in [0.3, 0.4) is 0 Å². The lowest BCUT2D eigenvalue weighted by Gasteiger charge is -2.29. The number of benzene rings is 1. The molecule has 114 valence electrons. The lowest BCUT2D eigenvalue weighted by atomic mass is 9.96. The molecule has 3 nitrogen and oxygen atoms in total. The fourth-order valence-corrected chi connectivity index (χ4v) is 2.51. The summed E-state index contributed by atoms with van der Waals surface area (Å²) >= 11 is 0. The smallest absolute Gasteiger partial charge is 0.304 e. The topological polar surface area (TPSA) is 40.5 Å². The first kappa shape index (κ1) is 17.2. The van der Waals surface area contributed by atoms with E-state index in [0.29, 0.717) is 13.1 Å². The highest BCUT2D eigenvalue weighted by molar-refractivity contribution is 5.67. The quantitative estimate of drug-likeness (QED) is 0.708. The minimum atomic E-state index is -0.775. The number of hydrogen-bond donors (Lipinski definition) is 1. The van der Waals surface area contributed by atoms with Crippen LogP contribution in [0.2, 0.25) is 0 Å². The van der Waals surface area contributed by atoms with Crippen LogP contribution >= 0.6 is 0 Å². The van der Waals surface area contributed by atoms with E-state index in [4.69, 9.17) is 0 Å². The molecule has 0 saturated carbocycles. The first-order valence-corrected chi connectivity index (χ1v) is 7.21. The minimum Gasteiger partial charge on any atom is -0.481 e. The SMILES string of the molecule is C=CCN(CC=C)C(CC(=O)O)Cc1cc(C)ccc1C. The number of aliphatic carboxylic acids is 1. The summed E-state index contributed by atoms with van der Waals surface area (Å²) in [6.07, 6.45) is 4.46. The third-order valence-corrected chi connectivity index (χ3v) is 3.61. The first-order valence-electron chi connectivity index (χ1n) is 7.21. The van der Waals surface area contributed by atoms with Gasteiger partial charge in [-0.15, -0.1) is 13.2 Å². The summed E-state index contributed by atoms with van der Waals surface area (Å²) in [6.45, 7) is 13.0. The van der Waals surface area contributed by atoms with Crippen LogP contribution in [0.1, 0.15) is 23.1 Å². The van der Waals surface area contributed by atoms with Gasteiger partial charge in [-0.1, -0.05) is 35.9 Å². The molecular formula is C18H25NO2. The van der Waals surface area contributed by atoms with Crippen molar-refractivity contribution in [3.8, 4) is 0 Å². The summed E-state index contributed by atoms with van der Waals surface area (Å²) in [7, 11) is 0. The fraction of sp³-hybridized carbons (Fsp3) is 0.389. The maximum Gasteiger partial charge on any atom is 0.304 e. The Labute approximate surface area is 127 Å². The van der Waals surface area contributed by atoms with Crippen LogP contribution in [-0.2, 0) is 11.2 Å². The number of rotatable bonds is 9. The van der Waals surface area contributed by atoms with Crippen molar-refractivity contribution in [2.75, 3.05) is 13.1 Å². The molecule has 0 spiro atoms. The molecule has 0 radical (unpaired) electrons. The van der Waals surface area contributed by atoms with Crippen molar-refractivity contribution in [2.24, 2.45) is 0 Å². The zero-order valence-electron chi connectivity index (χ0n) is 13.0. The van der Waals surface area contributed by atoms with E-state index in [1.54, 1.807) is 12.2 Å². The van der Waals surface area contributed by atoms with E-state index in [0.717, 1.165) is 6.42 Å². The molecule has 3 heteroatoms. The Kier molecular flexibility index (Phi) is 6.89. The van der Waals surface area contributed by atoms with Crippen molar-refractivity contribution in [1.82, 2.24) is 4.90 Å². The molecule has 0 aliphatic carbocycles. The van der Waals surface area contributed by atoms with Gasteiger partial charge < -0.3 is 5.11 Å². The number of aryl methyl sites for hydroxylation is 2. The summed E-state index contributed by atoms with van der Waals surface area (Å²) in [5, 5.41) is 9.19. The summed E-state index contributed by atoms with van der Waals surface area (Å²) in [6, 6.07) is 6.26. The molecule has 21 heavy (non-hydrogen) atoms. The molecule has 0 heterocycles. The van der Waals surface area contributed by atoms with Gasteiger partial charge in [-0.05, 0) is 31.4 Å². The Morgan fingerprint density at radius 1 is 1.29 bits per heavy atom. The molecule has 0 fully saturated rings. The summed E-state index contributed by atoms with van der Waals surface area (Å²) < 4.78 is 0. The monoisotopic (exact) mass is 287 g/mol. The molecule has 0 aromatic heterocycles. The molecule has 0 aliphatic heterocycles. The molecule has 0 aliphatic rings. The normalized spacial score (nSPS) is 12.1. The number of hydrogen-bond acceptors (Lipinski definition) is 2. The van der Waals surface area contributed by atoms with E-state index < -0.39 is 5.97 Å². The van der Waals surface area contributed by atoms with Gasteiger partial charge in [0.25, 0.3) is 0 Å². The largest absolute Gasteiger partial charge is 0.481 e. The number of carboxylic acid groups (broad SMARTS) is 1. The van der Waals surface area contributed by atoms with Crippen LogP contribution in [0.15, 0.2) is 43.5 Å². The Balaban J connectivity index is 3.00. The van der Waals surface area contributed by atoms with Crippen LogP contribution in [0, 0.1) is 13.8 Å². The highest BCUT2D eigenvalue weighted by Crippen LogP contribution is 2.17. The van der Waals surface area contributed by atoms with Crippen LogP contribution in [-0.4, -0.2) is 35.1 Å². The Bertz CT molecular complexity index is 498. The fourth-order valence-electron chi connectivity index (χ4n) is 2.51. The van der Waals surface area contributed by atoms with Gasteiger partial charge in [-0.25, -0.2) is 0 Å². The molecule has 1 unspecified atom stereocenters. The molecule has 1 atom stereocenters. The van der Waals surface area contributed by atoms with Crippen LogP contribution in [0.25, 0.3) is 0 Å². The third-order valence-electron chi connectivity index (χ3n) is 3.61. The molecule has 1 aromatic rings. The molecular weight excluding hydrogens is 262 g/mol. The van der Waals surface area contributed by atoms with Crippen LogP contribution in [0.5, 0.6) is 0 Å². The van der Waals surface area contributed by atoms with Crippen molar-refractivity contribution < 1.29 is 9.90 Å².